The predicted molar refractivity (Wildman–Crippen MR) is 84.4 cm³/mol. The van der Waals surface area contributed by atoms with Crippen LogP contribution in [0.5, 0.6) is 0 Å². The average Bonchev–Trinajstić information content (AvgIpc) is 2.90. The number of carboxylic acids is 1. The molecule has 25 heavy (non-hydrogen) atoms. The number of aromatic carboxylic acids is 1. The fourth-order valence-electron chi connectivity index (χ4n) is 3.32. The van der Waals surface area contributed by atoms with Gasteiger partial charge in [-0.3, -0.25) is 9.48 Å². The van der Waals surface area contributed by atoms with Gasteiger partial charge < -0.3 is 10.4 Å². The molecule has 2 N–H and O–H groups in total. The van der Waals surface area contributed by atoms with E-state index in [9.17, 15) is 18.4 Å². The van der Waals surface area contributed by atoms with E-state index in [4.69, 9.17) is 5.11 Å². The molecule has 6 nitrogen and oxygen atoms in total. The van der Waals surface area contributed by atoms with Crippen molar-refractivity contribution in [3.05, 3.63) is 52.9 Å². The number of amides is 1. The molecule has 0 spiro atoms. The van der Waals surface area contributed by atoms with Gasteiger partial charge >= 0.3 is 5.97 Å². The zero-order valence-electron chi connectivity index (χ0n) is 13.6. The molecule has 1 heterocycles. The molecule has 3 rings (SSSR count). The van der Waals surface area contributed by atoms with Gasteiger partial charge in [0, 0.05) is 24.6 Å². The second-order valence-electron chi connectivity index (χ2n) is 6.25. The van der Waals surface area contributed by atoms with Gasteiger partial charge in [-0.05, 0) is 25.0 Å². The van der Waals surface area contributed by atoms with E-state index in [0.717, 1.165) is 17.3 Å². The maximum Gasteiger partial charge on any atom is 0.339 e. The molecular weight excluding hydrogens is 332 g/mol. The minimum absolute atomic E-state index is 0.0218. The lowest BCUT2D eigenvalue weighted by molar-refractivity contribution is 0.0690. The average molecular weight is 349 g/mol. The van der Waals surface area contributed by atoms with Crippen LogP contribution in [-0.4, -0.2) is 33.3 Å². The maximum absolute atomic E-state index is 14.2. The van der Waals surface area contributed by atoms with Crippen LogP contribution in [0.25, 0.3) is 0 Å². The fraction of sp³-hybridized carbons (Fsp3) is 0.353. The monoisotopic (exact) mass is 349 g/mol. The summed E-state index contributed by atoms with van der Waals surface area (Å²) in [5, 5.41) is 15.5. The molecule has 0 saturated heterocycles. The van der Waals surface area contributed by atoms with Crippen LogP contribution in [0.1, 0.15) is 45.7 Å². The number of aryl methyl sites for hydroxylation is 1. The summed E-state index contributed by atoms with van der Waals surface area (Å²) in [6, 6.07) is 3.70. The molecule has 0 aliphatic heterocycles. The summed E-state index contributed by atoms with van der Waals surface area (Å²) in [4.78, 5) is 23.6. The van der Waals surface area contributed by atoms with Crippen molar-refractivity contribution in [2.75, 3.05) is 6.54 Å². The number of aromatic nitrogens is 2. The molecule has 1 amide bonds. The quantitative estimate of drug-likeness (QED) is 0.867. The number of nitrogens with one attached hydrogen (secondary N) is 1. The summed E-state index contributed by atoms with van der Waals surface area (Å²) in [6.45, 7) is 0.0218. The Kier molecular flexibility index (Phi) is 4.28. The van der Waals surface area contributed by atoms with E-state index < -0.39 is 28.9 Å². The highest BCUT2D eigenvalue weighted by Gasteiger charge is 2.43. The third-order valence-corrected chi connectivity index (χ3v) is 4.78. The van der Waals surface area contributed by atoms with Gasteiger partial charge in [-0.1, -0.05) is 12.5 Å². The van der Waals surface area contributed by atoms with Gasteiger partial charge in [0.25, 0.3) is 5.91 Å². The Morgan fingerprint density at radius 1 is 1.32 bits per heavy atom. The van der Waals surface area contributed by atoms with Gasteiger partial charge in [-0.15, -0.1) is 0 Å². The van der Waals surface area contributed by atoms with Gasteiger partial charge in [0.05, 0.1) is 6.20 Å². The number of hydrogen-bond acceptors (Lipinski definition) is 3. The Balaban J connectivity index is 1.84. The fourth-order valence-corrected chi connectivity index (χ4v) is 3.32. The molecule has 1 aromatic carbocycles. The normalized spacial score (nSPS) is 15.5. The Hall–Kier alpha value is -2.77. The summed E-state index contributed by atoms with van der Waals surface area (Å²) >= 11 is 0. The first-order valence-electron chi connectivity index (χ1n) is 7.84. The summed E-state index contributed by atoms with van der Waals surface area (Å²) in [5.74, 6) is -3.18. The first kappa shape index (κ1) is 17.1. The van der Waals surface area contributed by atoms with Gasteiger partial charge in [-0.2, -0.15) is 5.10 Å². The zero-order valence-corrected chi connectivity index (χ0v) is 13.6. The molecule has 0 radical (unpaired) electrons. The van der Waals surface area contributed by atoms with E-state index >= 15 is 0 Å². The zero-order chi connectivity index (χ0) is 18.2. The smallest absolute Gasteiger partial charge is 0.339 e. The van der Waals surface area contributed by atoms with Crippen LogP contribution in [0.2, 0.25) is 0 Å². The summed E-state index contributed by atoms with van der Waals surface area (Å²) in [5.41, 5.74) is -1.16. The number of nitrogens with zero attached hydrogens (tertiary/aromatic N) is 2. The van der Waals surface area contributed by atoms with Gasteiger partial charge in [0.2, 0.25) is 0 Å². The van der Waals surface area contributed by atoms with Gasteiger partial charge in [0.1, 0.15) is 22.9 Å². The summed E-state index contributed by atoms with van der Waals surface area (Å²) in [7, 11) is 1.46. The lowest BCUT2D eigenvalue weighted by Gasteiger charge is -2.42. The van der Waals surface area contributed by atoms with Crippen LogP contribution in [0.3, 0.4) is 0 Å². The molecule has 1 saturated carbocycles. The number of carboxylic acid groups (broad SMARTS) is 1. The third kappa shape index (κ3) is 2.88. The molecule has 1 aromatic heterocycles. The second-order valence-corrected chi connectivity index (χ2v) is 6.25. The van der Waals surface area contributed by atoms with Crippen molar-refractivity contribution in [2.45, 2.75) is 24.7 Å². The topological polar surface area (TPSA) is 84.2 Å². The number of benzene rings is 1. The van der Waals surface area contributed by atoms with Crippen molar-refractivity contribution in [3.63, 3.8) is 0 Å². The molecule has 0 bridgehead atoms. The number of rotatable bonds is 5. The Morgan fingerprint density at radius 3 is 2.48 bits per heavy atom. The third-order valence-electron chi connectivity index (χ3n) is 4.78. The maximum atomic E-state index is 14.2. The molecule has 8 heteroatoms. The van der Waals surface area contributed by atoms with E-state index in [1.807, 2.05) is 0 Å². The highest BCUT2D eigenvalue weighted by Crippen LogP contribution is 2.45. The number of hydrogen-bond donors (Lipinski definition) is 2. The van der Waals surface area contributed by atoms with Crippen LogP contribution < -0.4 is 5.32 Å². The highest BCUT2D eigenvalue weighted by molar-refractivity contribution is 6.03. The lowest BCUT2D eigenvalue weighted by Crippen LogP contribution is -2.47. The molecule has 1 aliphatic rings. The number of carbonyl (C=O) groups is 2. The molecule has 132 valence electrons. The van der Waals surface area contributed by atoms with Crippen molar-refractivity contribution >= 4 is 11.9 Å². The molecule has 0 atom stereocenters. The summed E-state index contributed by atoms with van der Waals surface area (Å²) in [6.07, 6.45) is 2.98. The van der Waals surface area contributed by atoms with Crippen LogP contribution in [-0.2, 0) is 12.5 Å². The van der Waals surface area contributed by atoms with Crippen molar-refractivity contribution in [1.29, 1.82) is 0 Å². The first-order valence-corrected chi connectivity index (χ1v) is 7.84. The van der Waals surface area contributed by atoms with Crippen LogP contribution in [0.4, 0.5) is 8.78 Å². The van der Waals surface area contributed by atoms with E-state index in [1.165, 1.54) is 25.2 Å². The van der Waals surface area contributed by atoms with E-state index in [0.29, 0.717) is 12.8 Å². The van der Waals surface area contributed by atoms with Crippen molar-refractivity contribution < 1.29 is 23.5 Å². The molecular formula is C17H17F2N3O3. The number of carbonyl (C=O) groups excluding carboxylic acids is 1. The molecule has 1 aliphatic carbocycles. The largest absolute Gasteiger partial charge is 0.478 e. The van der Waals surface area contributed by atoms with Crippen molar-refractivity contribution in [3.8, 4) is 0 Å². The standard InChI is InChI=1S/C17H17F2N3O3/c1-22-14(10(8-21-22)16(24)25)15(23)20-9-17(6-3-7-17)13-11(18)4-2-5-12(13)19/h2,4-5,8H,3,6-7,9H2,1H3,(H,20,23)(H,24,25). The van der Waals surface area contributed by atoms with Gasteiger partial charge in [0.15, 0.2) is 0 Å². The van der Waals surface area contributed by atoms with Crippen molar-refractivity contribution in [2.24, 2.45) is 7.05 Å². The minimum atomic E-state index is -1.27. The molecule has 0 unspecified atom stereocenters. The number of halogens is 2. The Bertz CT molecular complexity index is 823. The Labute approximate surface area is 142 Å². The highest BCUT2D eigenvalue weighted by atomic mass is 19.1. The Morgan fingerprint density at radius 2 is 1.96 bits per heavy atom. The van der Waals surface area contributed by atoms with Crippen LogP contribution in [0.15, 0.2) is 24.4 Å². The second kappa shape index (κ2) is 6.27. The van der Waals surface area contributed by atoms with Crippen LogP contribution in [0, 0.1) is 11.6 Å². The minimum Gasteiger partial charge on any atom is -0.478 e. The van der Waals surface area contributed by atoms with E-state index in [2.05, 4.69) is 10.4 Å². The van der Waals surface area contributed by atoms with Gasteiger partial charge in [-0.25, -0.2) is 13.6 Å². The van der Waals surface area contributed by atoms with E-state index in [-0.39, 0.29) is 23.4 Å². The van der Waals surface area contributed by atoms with Crippen molar-refractivity contribution in [1.82, 2.24) is 15.1 Å². The van der Waals surface area contributed by atoms with E-state index in [1.54, 1.807) is 0 Å². The predicted octanol–water partition coefficient (Wildman–Crippen LogP) is 2.25. The summed E-state index contributed by atoms with van der Waals surface area (Å²) < 4.78 is 29.5. The SMILES string of the molecule is Cn1ncc(C(=O)O)c1C(=O)NCC1(c2c(F)cccc2F)CCC1. The van der Waals surface area contributed by atoms with Crippen LogP contribution >= 0.6 is 0 Å². The molecule has 1 fully saturated rings. The molecule has 2 aromatic rings. The first-order chi connectivity index (χ1) is 11.9. The lowest BCUT2D eigenvalue weighted by atomic mass is 9.64.